The molecular weight excluding hydrogens is 639 g/mol. The molecule has 1 unspecified atom stereocenters. The molecule has 1 aliphatic heterocycles. The van der Waals surface area contributed by atoms with Crippen molar-refractivity contribution in [2.24, 2.45) is 5.73 Å². The van der Waals surface area contributed by atoms with E-state index in [4.69, 9.17) is 19.9 Å². The van der Waals surface area contributed by atoms with Crippen LogP contribution in [0.1, 0.15) is 55.7 Å². The predicted molar refractivity (Wildman–Crippen MR) is 193 cm³/mol. The number of hydrogen-bond donors (Lipinski definition) is 4. The molecule has 0 amide bonds. The van der Waals surface area contributed by atoms with Gasteiger partial charge in [-0.25, -0.2) is 4.79 Å². The van der Waals surface area contributed by atoms with Crippen LogP contribution in [0.15, 0.2) is 94.6 Å². The maximum absolute atomic E-state index is 13.6. The Hall–Kier alpha value is -4.00. The number of aromatic amines is 1. The number of aliphatic hydroxyl groups excluding tert-OH is 1. The monoisotopic (exact) mass is 687 g/mol. The highest BCUT2D eigenvalue weighted by Gasteiger charge is 2.73. The molecule has 5 N–H and O–H groups in total. The first-order chi connectivity index (χ1) is 23.0. The Morgan fingerprint density at radius 1 is 0.939 bits per heavy atom. The van der Waals surface area contributed by atoms with Gasteiger partial charge in [-0.3, -0.25) is 14.3 Å². The number of benzene rings is 3. The van der Waals surface area contributed by atoms with Crippen LogP contribution >= 0.6 is 0 Å². The van der Waals surface area contributed by atoms with E-state index in [1.54, 1.807) is 21.1 Å². The molecule has 4 atom stereocenters. The van der Waals surface area contributed by atoms with E-state index < -0.39 is 52.9 Å². The minimum absolute atomic E-state index is 0.0424. The summed E-state index contributed by atoms with van der Waals surface area (Å²) in [4.78, 5) is 28.1. The lowest BCUT2D eigenvalue weighted by Gasteiger charge is -2.58. The molecule has 4 aromatic rings. The summed E-state index contributed by atoms with van der Waals surface area (Å²) in [5.74, 6) is 1.26. The lowest BCUT2D eigenvalue weighted by molar-refractivity contribution is -0.183. The maximum atomic E-state index is 13.6. The number of nitrogens with one attached hydrogen (secondary N) is 1. The van der Waals surface area contributed by atoms with Crippen molar-refractivity contribution in [3.05, 3.63) is 128 Å². The molecule has 49 heavy (non-hydrogen) atoms. The molecule has 262 valence electrons. The topological polar surface area (TPSA) is 149 Å². The zero-order valence-electron chi connectivity index (χ0n) is 29.6. The van der Waals surface area contributed by atoms with Crippen LogP contribution in [-0.2, 0) is 10.2 Å². The molecule has 1 fully saturated rings. The van der Waals surface area contributed by atoms with Gasteiger partial charge in [-0.2, -0.15) is 0 Å². The van der Waals surface area contributed by atoms with E-state index in [-0.39, 0.29) is 13.0 Å². The standard InChI is InChI=1S/C38H49N3O7Si/c1-25-23-41(34(44)40-32(25)42)31-22-37(45,49(7,8)35(2,3)4)36(24-39,48-31)33(43)38(26-12-10-9-11-13-26,27-14-18-29(46-5)19-15-27)28-16-20-30(47-6)21-17-28/h9-21,23,31,33,43,45H,22,24,39H2,1-8H3,(H,40,42,44)/t31-,33?,36-,37-/m1/s1. The molecule has 10 nitrogen and oxygen atoms in total. The third kappa shape index (κ3) is 5.57. The number of rotatable bonds is 10. The van der Waals surface area contributed by atoms with Crippen molar-refractivity contribution in [3.63, 3.8) is 0 Å². The van der Waals surface area contributed by atoms with Crippen molar-refractivity contribution in [3.8, 4) is 11.5 Å². The second-order valence-corrected chi connectivity index (χ2v) is 20.2. The van der Waals surface area contributed by atoms with Crippen molar-refractivity contribution >= 4 is 8.07 Å². The highest BCUT2D eigenvalue weighted by molar-refractivity contribution is 6.83. The van der Waals surface area contributed by atoms with Crippen molar-refractivity contribution in [1.29, 1.82) is 0 Å². The lowest BCUT2D eigenvalue weighted by Crippen LogP contribution is -2.77. The Labute approximate surface area is 288 Å². The maximum Gasteiger partial charge on any atom is 0.330 e. The van der Waals surface area contributed by atoms with E-state index in [9.17, 15) is 19.8 Å². The summed E-state index contributed by atoms with van der Waals surface area (Å²) in [7, 11) is 0.202. The molecule has 0 radical (unpaired) electrons. The van der Waals surface area contributed by atoms with Gasteiger partial charge in [0.1, 0.15) is 29.4 Å². The highest BCUT2D eigenvalue weighted by Crippen LogP contribution is 2.60. The van der Waals surface area contributed by atoms with E-state index in [1.165, 1.54) is 10.8 Å². The van der Waals surface area contributed by atoms with Crippen LogP contribution < -0.4 is 26.5 Å². The third-order valence-corrected chi connectivity index (χ3v) is 17.8. The van der Waals surface area contributed by atoms with E-state index >= 15 is 0 Å². The molecule has 1 aliphatic rings. The number of methoxy groups -OCH3 is 2. The van der Waals surface area contributed by atoms with E-state index in [0.29, 0.717) is 28.2 Å². The fourth-order valence-corrected chi connectivity index (χ4v) is 10.8. The minimum atomic E-state index is -2.98. The Morgan fingerprint density at radius 2 is 1.43 bits per heavy atom. The van der Waals surface area contributed by atoms with E-state index in [2.05, 4.69) is 38.8 Å². The van der Waals surface area contributed by atoms with Crippen LogP contribution in [0.4, 0.5) is 0 Å². The fraction of sp³-hybridized carbons (Fsp3) is 0.421. The van der Waals surface area contributed by atoms with Crippen LogP contribution in [0.25, 0.3) is 0 Å². The highest BCUT2D eigenvalue weighted by atomic mass is 28.3. The summed E-state index contributed by atoms with van der Waals surface area (Å²) < 4.78 is 19.3. The molecule has 1 saturated heterocycles. The molecule has 5 rings (SSSR count). The Bertz CT molecular complexity index is 1840. The zero-order chi connectivity index (χ0) is 36.0. The van der Waals surface area contributed by atoms with Crippen LogP contribution in [0.5, 0.6) is 11.5 Å². The van der Waals surface area contributed by atoms with Gasteiger partial charge in [0.25, 0.3) is 5.56 Å². The largest absolute Gasteiger partial charge is 0.497 e. The second kappa shape index (κ2) is 13.0. The van der Waals surface area contributed by atoms with Gasteiger partial charge in [0, 0.05) is 24.7 Å². The van der Waals surface area contributed by atoms with Gasteiger partial charge in [0.2, 0.25) is 0 Å². The van der Waals surface area contributed by atoms with Gasteiger partial charge in [0.05, 0.1) is 32.9 Å². The number of aryl methyl sites for hydroxylation is 1. The minimum Gasteiger partial charge on any atom is -0.497 e. The number of aliphatic hydroxyl groups is 2. The second-order valence-electron chi connectivity index (χ2n) is 14.6. The number of nitrogens with zero attached hydrogens (tertiary/aromatic N) is 1. The van der Waals surface area contributed by atoms with Gasteiger partial charge >= 0.3 is 5.69 Å². The molecule has 0 aliphatic carbocycles. The molecule has 3 aromatic carbocycles. The average Bonchev–Trinajstić information content (AvgIpc) is 3.41. The van der Waals surface area contributed by atoms with Gasteiger partial charge in [0.15, 0.2) is 0 Å². The summed E-state index contributed by atoms with van der Waals surface area (Å²) in [5.41, 5.74) is 4.87. The quantitative estimate of drug-likeness (QED) is 0.139. The molecule has 0 bridgehead atoms. The summed E-state index contributed by atoms with van der Waals surface area (Å²) in [6.45, 7) is 11.7. The summed E-state index contributed by atoms with van der Waals surface area (Å²) >= 11 is 0. The van der Waals surface area contributed by atoms with Crippen molar-refractivity contribution in [2.75, 3.05) is 20.8 Å². The zero-order valence-corrected chi connectivity index (χ0v) is 30.6. The number of H-pyrrole nitrogens is 1. The van der Waals surface area contributed by atoms with Crippen molar-refractivity contribution in [2.45, 2.75) is 80.8 Å². The lowest BCUT2D eigenvalue weighted by atomic mass is 9.61. The van der Waals surface area contributed by atoms with E-state index in [1.807, 2.05) is 78.9 Å². The Balaban J connectivity index is 1.91. The molecule has 2 heterocycles. The van der Waals surface area contributed by atoms with Gasteiger partial charge in [-0.05, 0) is 52.9 Å². The number of nitrogens with two attached hydrogens (primary N) is 1. The van der Waals surface area contributed by atoms with Crippen molar-refractivity contribution in [1.82, 2.24) is 9.55 Å². The van der Waals surface area contributed by atoms with Crippen LogP contribution in [0.3, 0.4) is 0 Å². The van der Waals surface area contributed by atoms with Crippen LogP contribution in [0, 0.1) is 6.92 Å². The first kappa shape index (κ1) is 36.3. The van der Waals surface area contributed by atoms with E-state index in [0.717, 1.165) is 5.56 Å². The first-order valence-electron chi connectivity index (χ1n) is 16.5. The van der Waals surface area contributed by atoms with Crippen molar-refractivity contribution < 1.29 is 24.4 Å². The summed E-state index contributed by atoms with van der Waals surface area (Å²) in [6, 6.07) is 24.5. The molecule has 11 heteroatoms. The average molecular weight is 688 g/mol. The SMILES string of the molecule is COc1ccc(C(c2ccccc2)(c2ccc(OC)cc2)C(O)[C@@]2(CN)O[C@@H](n3cc(C)c(=O)[nH]c3=O)C[C@@]2(O)[Si](C)(C)C(C)(C)C)cc1. The molecule has 0 spiro atoms. The van der Waals surface area contributed by atoms with Crippen LogP contribution in [-0.4, -0.2) is 65.5 Å². The number of hydrogen-bond acceptors (Lipinski definition) is 8. The normalized spacial score (nSPS) is 22.1. The number of ether oxygens (including phenoxy) is 3. The predicted octanol–water partition coefficient (Wildman–Crippen LogP) is 4.65. The third-order valence-electron chi connectivity index (χ3n) is 11.4. The first-order valence-corrected chi connectivity index (χ1v) is 19.5. The fourth-order valence-electron chi connectivity index (χ4n) is 7.52. The van der Waals surface area contributed by atoms with Gasteiger partial charge < -0.3 is 30.2 Å². The smallest absolute Gasteiger partial charge is 0.330 e. The molecule has 0 saturated carbocycles. The molecule has 1 aromatic heterocycles. The molecular formula is C38H49N3O7Si. The van der Waals surface area contributed by atoms with Gasteiger partial charge in [-0.1, -0.05) is 88.5 Å². The summed E-state index contributed by atoms with van der Waals surface area (Å²) in [6.07, 6.45) is -1.19. The van der Waals surface area contributed by atoms with Gasteiger partial charge in [-0.15, -0.1) is 0 Å². The Morgan fingerprint density at radius 3 is 1.88 bits per heavy atom. The number of aromatic nitrogens is 2. The Kier molecular flexibility index (Phi) is 9.65. The van der Waals surface area contributed by atoms with Crippen LogP contribution in [0.2, 0.25) is 18.1 Å². The summed E-state index contributed by atoms with van der Waals surface area (Å²) in [5, 5.41) is 25.0.